The van der Waals surface area contributed by atoms with Gasteiger partial charge in [-0.05, 0) is 58.4 Å². The van der Waals surface area contributed by atoms with E-state index >= 15 is 0 Å². The number of benzene rings is 1. The topological polar surface area (TPSA) is 114 Å². The third-order valence-corrected chi connectivity index (χ3v) is 4.76. The van der Waals surface area contributed by atoms with Crippen LogP contribution in [0, 0.1) is 6.92 Å². The Balaban J connectivity index is 0.00000114. The summed E-state index contributed by atoms with van der Waals surface area (Å²) in [6.07, 6.45) is 1.10. The second kappa shape index (κ2) is 11.4. The van der Waals surface area contributed by atoms with Gasteiger partial charge in [-0.1, -0.05) is 6.92 Å². The Labute approximate surface area is 188 Å². The number of hydrogen-bond acceptors (Lipinski definition) is 7. The van der Waals surface area contributed by atoms with Gasteiger partial charge in [-0.25, -0.2) is 14.8 Å². The first-order chi connectivity index (χ1) is 15.2. The first-order valence-corrected chi connectivity index (χ1v) is 10.6. The molecule has 0 aliphatic carbocycles. The number of anilines is 2. The van der Waals surface area contributed by atoms with Crippen LogP contribution in [0.3, 0.4) is 0 Å². The van der Waals surface area contributed by atoms with Crippen LogP contribution >= 0.6 is 0 Å². The van der Waals surface area contributed by atoms with Crippen molar-refractivity contribution in [3.8, 4) is 11.4 Å². The summed E-state index contributed by atoms with van der Waals surface area (Å²) in [4.78, 5) is 40.2. The molecule has 1 aliphatic heterocycles. The van der Waals surface area contributed by atoms with Crippen molar-refractivity contribution in [2.75, 3.05) is 36.5 Å². The van der Waals surface area contributed by atoms with Crippen molar-refractivity contribution in [3.05, 3.63) is 35.5 Å². The Hall–Kier alpha value is -3.29. The number of hydrogen-bond donors (Lipinski definition) is 2. The van der Waals surface area contributed by atoms with Gasteiger partial charge >= 0.3 is 12.2 Å². The highest BCUT2D eigenvalue weighted by Gasteiger charge is 2.19. The van der Waals surface area contributed by atoms with Gasteiger partial charge in [0.25, 0.3) is 0 Å². The molecule has 0 spiro atoms. The average molecular weight is 442 g/mol. The third-order valence-electron chi connectivity index (χ3n) is 4.76. The molecule has 1 aromatic heterocycles. The van der Waals surface area contributed by atoms with Gasteiger partial charge in [0, 0.05) is 41.1 Å². The Kier molecular flexibility index (Phi) is 8.87. The van der Waals surface area contributed by atoms with Gasteiger partial charge in [0.15, 0.2) is 5.82 Å². The van der Waals surface area contributed by atoms with E-state index < -0.39 is 0 Å². The van der Waals surface area contributed by atoms with Crippen LogP contribution < -0.4 is 15.5 Å². The van der Waals surface area contributed by atoms with E-state index in [1.165, 1.54) is 0 Å². The van der Waals surface area contributed by atoms with Gasteiger partial charge < -0.3 is 20.3 Å². The van der Waals surface area contributed by atoms with Gasteiger partial charge in [-0.3, -0.25) is 0 Å². The maximum Gasteiger partial charge on any atom is 0.373 e. The zero-order valence-electron chi connectivity index (χ0n) is 19.3. The molecule has 2 heterocycles. The lowest BCUT2D eigenvalue weighted by atomic mass is 10.1. The van der Waals surface area contributed by atoms with E-state index in [2.05, 4.69) is 29.4 Å². The molecule has 9 heteroatoms. The molecule has 32 heavy (non-hydrogen) atoms. The Morgan fingerprint density at radius 1 is 1.12 bits per heavy atom. The lowest BCUT2D eigenvalue weighted by Gasteiger charge is -2.29. The maximum absolute atomic E-state index is 12.1. The quantitative estimate of drug-likeness (QED) is 0.749. The summed E-state index contributed by atoms with van der Waals surface area (Å²) in [5.41, 5.74) is 3.56. The monoisotopic (exact) mass is 441 g/mol. The fourth-order valence-electron chi connectivity index (χ4n) is 3.31. The number of carbonyl (C=O) groups is 1. The molecule has 9 nitrogen and oxygen atoms in total. The SMILES string of the molecule is CCc1nc(-c2ccc(NC(=O)NC(C)(C)C)cc2)nc(N2CCOCC2)c1C.O=C=O. The zero-order valence-corrected chi connectivity index (χ0v) is 19.3. The molecule has 0 atom stereocenters. The van der Waals surface area contributed by atoms with Crippen LogP contribution in [0.4, 0.5) is 16.3 Å². The van der Waals surface area contributed by atoms with Gasteiger partial charge in [0.05, 0.1) is 13.2 Å². The molecule has 1 fully saturated rings. The van der Waals surface area contributed by atoms with Gasteiger partial charge in [-0.2, -0.15) is 9.59 Å². The Bertz CT molecular complexity index is 942. The highest BCUT2D eigenvalue weighted by Crippen LogP contribution is 2.26. The van der Waals surface area contributed by atoms with Crippen molar-refractivity contribution in [3.63, 3.8) is 0 Å². The van der Waals surface area contributed by atoms with E-state index in [1.807, 2.05) is 45.0 Å². The van der Waals surface area contributed by atoms with Crippen LogP contribution in [0.15, 0.2) is 24.3 Å². The largest absolute Gasteiger partial charge is 0.378 e. The fraction of sp³-hybridized carbons (Fsp3) is 0.478. The number of ether oxygens (including phenoxy) is 1. The van der Waals surface area contributed by atoms with Gasteiger partial charge in [0.2, 0.25) is 0 Å². The molecule has 3 rings (SSSR count). The number of aromatic nitrogens is 2. The lowest BCUT2D eigenvalue weighted by Crippen LogP contribution is -2.43. The van der Waals surface area contributed by atoms with E-state index in [0.29, 0.717) is 5.82 Å². The average Bonchev–Trinajstić information content (AvgIpc) is 2.74. The molecule has 1 saturated heterocycles. The first-order valence-electron chi connectivity index (χ1n) is 10.6. The minimum absolute atomic E-state index is 0.222. The summed E-state index contributed by atoms with van der Waals surface area (Å²) in [5.74, 6) is 1.70. The molecule has 0 bridgehead atoms. The van der Waals surface area contributed by atoms with Crippen LogP contribution in [0.2, 0.25) is 0 Å². The predicted octanol–water partition coefficient (Wildman–Crippen LogP) is 3.19. The number of nitrogens with zero attached hydrogens (tertiary/aromatic N) is 3. The Morgan fingerprint density at radius 2 is 1.72 bits per heavy atom. The van der Waals surface area contributed by atoms with Crippen molar-refractivity contribution in [1.29, 1.82) is 0 Å². The molecule has 172 valence electrons. The molecule has 0 unspecified atom stereocenters. The van der Waals surface area contributed by atoms with E-state index in [9.17, 15) is 4.79 Å². The highest BCUT2D eigenvalue weighted by atomic mass is 16.5. The number of aryl methyl sites for hydroxylation is 1. The van der Waals surface area contributed by atoms with Crippen molar-refractivity contribution in [1.82, 2.24) is 15.3 Å². The van der Waals surface area contributed by atoms with E-state index in [-0.39, 0.29) is 17.7 Å². The summed E-state index contributed by atoms with van der Waals surface area (Å²) in [7, 11) is 0. The fourth-order valence-corrected chi connectivity index (χ4v) is 3.31. The molecular formula is C23H31N5O4. The molecule has 0 radical (unpaired) electrons. The van der Waals surface area contributed by atoms with Crippen LogP contribution in [-0.2, 0) is 20.7 Å². The smallest absolute Gasteiger partial charge is 0.373 e. The molecule has 1 aromatic carbocycles. The number of carbonyl (C=O) groups excluding carboxylic acids is 3. The summed E-state index contributed by atoms with van der Waals surface area (Å²) in [6, 6.07) is 7.42. The van der Waals surface area contributed by atoms with Crippen LogP contribution in [0.25, 0.3) is 11.4 Å². The van der Waals surface area contributed by atoms with Crippen LogP contribution in [0.5, 0.6) is 0 Å². The van der Waals surface area contributed by atoms with E-state index in [1.54, 1.807) is 0 Å². The number of nitrogens with one attached hydrogen (secondary N) is 2. The van der Waals surface area contributed by atoms with Gasteiger partial charge in [-0.15, -0.1) is 0 Å². The van der Waals surface area contributed by atoms with Crippen molar-refractivity contribution in [2.24, 2.45) is 0 Å². The van der Waals surface area contributed by atoms with E-state index in [4.69, 9.17) is 24.3 Å². The molecule has 1 aliphatic rings. The second-order valence-electron chi connectivity index (χ2n) is 8.39. The lowest BCUT2D eigenvalue weighted by molar-refractivity contribution is -0.191. The summed E-state index contributed by atoms with van der Waals surface area (Å²) >= 11 is 0. The standard InChI is InChI=1S/C22H31N5O2.CO2/c1-6-18-15(2)20(27-11-13-29-14-12-27)25-19(24-18)16-7-9-17(10-8-16)23-21(28)26-22(3,4)5;2-1-3/h7-10H,6,11-14H2,1-5H3,(H2,23,26,28);. The zero-order chi connectivity index (χ0) is 23.7. The second-order valence-corrected chi connectivity index (χ2v) is 8.39. The van der Waals surface area contributed by atoms with Crippen LogP contribution in [0.1, 0.15) is 39.0 Å². The van der Waals surface area contributed by atoms with Gasteiger partial charge in [0.1, 0.15) is 5.82 Å². The van der Waals surface area contributed by atoms with E-state index in [0.717, 1.165) is 61.1 Å². The first kappa shape index (κ1) is 25.0. The number of morpholine rings is 1. The molecule has 2 aromatic rings. The van der Waals surface area contributed by atoms with Crippen molar-refractivity contribution in [2.45, 2.75) is 46.6 Å². The minimum atomic E-state index is -0.286. The van der Waals surface area contributed by atoms with Crippen molar-refractivity contribution < 1.29 is 19.1 Å². The minimum Gasteiger partial charge on any atom is -0.378 e. The summed E-state index contributed by atoms with van der Waals surface area (Å²) in [6.45, 7) is 13.2. The molecule has 0 saturated carbocycles. The Morgan fingerprint density at radius 3 is 2.25 bits per heavy atom. The molecular weight excluding hydrogens is 410 g/mol. The maximum atomic E-state index is 12.1. The number of amides is 2. The number of rotatable bonds is 4. The molecule has 2 N–H and O–H groups in total. The summed E-state index contributed by atoms with van der Waals surface area (Å²) in [5, 5.41) is 5.75. The van der Waals surface area contributed by atoms with Crippen molar-refractivity contribution >= 4 is 23.7 Å². The molecule has 2 amide bonds. The van der Waals surface area contributed by atoms with Crippen LogP contribution in [-0.4, -0.2) is 54.0 Å². The predicted molar refractivity (Wildman–Crippen MR) is 122 cm³/mol. The highest BCUT2D eigenvalue weighted by molar-refractivity contribution is 5.89. The number of urea groups is 1. The summed E-state index contributed by atoms with van der Waals surface area (Å²) < 4.78 is 5.48. The normalized spacial score (nSPS) is 13.5. The third kappa shape index (κ3) is 7.14.